The van der Waals surface area contributed by atoms with E-state index in [4.69, 9.17) is 0 Å². The molecule has 1 aromatic rings. The van der Waals surface area contributed by atoms with E-state index in [1.165, 1.54) is 4.90 Å². The Morgan fingerprint density at radius 1 is 1.29 bits per heavy atom. The zero-order valence-corrected chi connectivity index (χ0v) is 13.6. The summed E-state index contributed by atoms with van der Waals surface area (Å²) in [5.41, 5.74) is 0.817. The second-order valence-corrected chi connectivity index (χ2v) is 5.79. The summed E-state index contributed by atoms with van der Waals surface area (Å²) < 4.78 is 0.571. The molecule has 21 heavy (non-hydrogen) atoms. The van der Waals surface area contributed by atoms with Crippen LogP contribution < -0.4 is 10.2 Å². The third-order valence-electron chi connectivity index (χ3n) is 3.60. The summed E-state index contributed by atoms with van der Waals surface area (Å²) in [6.07, 6.45) is 1.66. The zero-order valence-electron chi connectivity index (χ0n) is 12.0. The number of fused-ring (bicyclic) bond motifs is 1. The fraction of sp³-hybridized carbons (Fsp3) is 0.400. The summed E-state index contributed by atoms with van der Waals surface area (Å²) in [5, 5.41) is 2.87. The standard InChI is InChI=1S/C15H17BrN2O3/c1-3-9(4-2)17-12(19)8-18-11-7-5-6-10(16)13(11)14(20)15(18)21/h5-7,9H,3-4,8H2,1-2H3,(H,17,19). The van der Waals surface area contributed by atoms with Crippen LogP contribution in [0.5, 0.6) is 0 Å². The van der Waals surface area contributed by atoms with Crippen LogP contribution in [0.1, 0.15) is 37.0 Å². The van der Waals surface area contributed by atoms with Crippen molar-refractivity contribution in [1.82, 2.24) is 5.32 Å². The Morgan fingerprint density at radius 2 is 1.95 bits per heavy atom. The second-order valence-electron chi connectivity index (χ2n) is 4.94. The largest absolute Gasteiger partial charge is 0.352 e. The third kappa shape index (κ3) is 3.00. The molecule has 1 N–H and O–H groups in total. The molecule has 0 bridgehead atoms. The second kappa shape index (κ2) is 6.39. The highest BCUT2D eigenvalue weighted by molar-refractivity contribution is 9.10. The number of rotatable bonds is 5. The van der Waals surface area contributed by atoms with E-state index in [0.29, 0.717) is 15.7 Å². The molecule has 1 heterocycles. The number of carbonyl (C=O) groups is 3. The SMILES string of the molecule is CCC(CC)NC(=O)CN1C(=O)C(=O)c2c(Br)cccc21. The van der Waals surface area contributed by atoms with Crippen molar-refractivity contribution in [1.29, 1.82) is 0 Å². The minimum Gasteiger partial charge on any atom is -0.352 e. The van der Waals surface area contributed by atoms with Crippen LogP contribution in [0.4, 0.5) is 5.69 Å². The van der Waals surface area contributed by atoms with Crippen molar-refractivity contribution in [3.05, 3.63) is 28.2 Å². The van der Waals surface area contributed by atoms with Crippen LogP contribution in [-0.2, 0) is 9.59 Å². The molecule has 2 amide bonds. The number of carbonyl (C=O) groups excluding carboxylic acids is 3. The lowest BCUT2D eigenvalue weighted by molar-refractivity contribution is -0.122. The normalized spacial score (nSPS) is 13.8. The summed E-state index contributed by atoms with van der Waals surface area (Å²) in [4.78, 5) is 37.3. The van der Waals surface area contributed by atoms with E-state index in [1.54, 1.807) is 18.2 Å². The first-order valence-electron chi connectivity index (χ1n) is 6.93. The van der Waals surface area contributed by atoms with Gasteiger partial charge in [0, 0.05) is 10.5 Å². The maximum atomic E-state index is 12.1. The number of amides is 2. The Morgan fingerprint density at radius 3 is 2.57 bits per heavy atom. The highest BCUT2D eigenvalue weighted by Crippen LogP contribution is 2.33. The minimum atomic E-state index is -0.656. The molecular weight excluding hydrogens is 336 g/mol. The Labute approximate surface area is 131 Å². The summed E-state index contributed by atoms with van der Waals surface area (Å²) >= 11 is 3.27. The van der Waals surface area contributed by atoms with Gasteiger partial charge in [0.15, 0.2) is 0 Å². The Kier molecular flexibility index (Phi) is 4.77. The van der Waals surface area contributed by atoms with E-state index < -0.39 is 11.7 Å². The van der Waals surface area contributed by atoms with E-state index in [1.807, 2.05) is 13.8 Å². The van der Waals surface area contributed by atoms with Gasteiger partial charge in [0.25, 0.3) is 11.7 Å². The van der Waals surface area contributed by atoms with Crippen molar-refractivity contribution in [3.8, 4) is 0 Å². The number of nitrogens with one attached hydrogen (secondary N) is 1. The molecule has 6 heteroatoms. The van der Waals surface area contributed by atoms with Gasteiger partial charge >= 0.3 is 0 Å². The van der Waals surface area contributed by atoms with Crippen molar-refractivity contribution < 1.29 is 14.4 Å². The van der Waals surface area contributed by atoms with Gasteiger partial charge in [0.2, 0.25) is 5.91 Å². The fourth-order valence-electron chi connectivity index (χ4n) is 2.37. The van der Waals surface area contributed by atoms with Crippen molar-refractivity contribution in [2.75, 3.05) is 11.4 Å². The van der Waals surface area contributed by atoms with Crippen molar-refractivity contribution >= 4 is 39.2 Å². The van der Waals surface area contributed by atoms with Gasteiger partial charge in [-0.3, -0.25) is 19.3 Å². The van der Waals surface area contributed by atoms with Gasteiger partial charge in [-0.05, 0) is 40.9 Å². The van der Waals surface area contributed by atoms with Gasteiger partial charge in [-0.1, -0.05) is 19.9 Å². The molecule has 0 radical (unpaired) electrons. The molecule has 0 aromatic heterocycles. The van der Waals surface area contributed by atoms with Crippen LogP contribution >= 0.6 is 15.9 Å². The number of benzene rings is 1. The van der Waals surface area contributed by atoms with Crippen LogP contribution in [0, 0.1) is 0 Å². The molecule has 0 saturated carbocycles. The first kappa shape index (κ1) is 15.7. The zero-order chi connectivity index (χ0) is 15.6. The topological polar surface area (TPSA) is 66.5 Å². The summed E-state index contributed by atoms with van der Waals surface area (Å²) in [5.74, 6) is -1.48. The van der Waals surface area contributed by atoms with Crippen LogP contribution in [0.15, 0.2) is 22.7 Å². The average molecular weight is 353 g/mol. The van der Waals surface area contributed by atoms with Gasteiger partial charge in [-0.15, -0.1) is 0 Å². The first-order valence-corrected chi connectivity index (χ1v) is 7.72. The van der Waals surface area contributed by atoms with Crippen molar-refractivity contribution in [3.63, 3.8) is 0 Å². The number of ketones is 1. The number of halogens is 1. The monoisotopic (exact) mass is 352 g/mol. The highest BCUT2D eigenvalue weighted by atomic mass is 79.9. The predicted molar refractivity (Wildman–Crippen MR) is 83.3 cm³/mol. The Balaban J connectivity index is 2.19. The molecule has 0 aliphatic carbocycles. The van der Waals surface area contributed by atoms with Crippen LogP contribution in [0.3, 0.4) is 0 Å². The smallest absolute Gasteiger partial charge is 0.299 e. The van der Waals surface area contributed by atoms with Gasteiger partial charge in [-0.2, -0.15) is 0 Å². The molecular formula is C15H17BrN2O3. The van der Waals surface area contributed by atoms with E-state index in [0.717, 1.165) is 12.8 Å². The number of Topliss-reactive ketones (excluding diaryl/α,β-unsaturated/α-hetero) is 1. The molecule has 2 rings (SSSR count). The number of hydrogen-bond donors (Lipinski definition) is 1. The molecule has 0 atom stereocenters. The maximum absolute atomic E-state index is 12.1. The highest BCUT2D eigenvalue weighted by Gasteiger charge is 2.38. The number of nitrogens with zero attached hydrogens (tertiary/aromatic N) is 1. The predicted octanol–water partition coefficient (Wildman–Crippen LogP) is 2.28. The lowest BCUT2D eigenvalue weighted by Gasteiger charge is -2.19. The molecule has 1 aliphatic rings. The van der Waals surface area contributed by atoms with Crippen LogP contribution in [0.2, 0.25) is 0 Å². The number of hydrogen-bond acceptors (Lipinski definition) is 3. The Hall–Kier alpha value is -1.69. The third-order valence-corrected chi connectivity index (χ3v) is 4.26. The number of anilines is 1. The van der Waals surface area contributed by atoms with Gasteiger partial charge < -0.3 is 5.32 Å². The van der Waals surface area contributed by atoms with E-state index in [2.05, 4.69) is 21.2 Å². The van der Waals surface area contributed by atoms with Gasteiger partial charge in [0.05, 0.1) is 11.3 Å². The van der Waals surface area contributed by atoms with Crippen LogP contribution in [0.25, 0.3) is 0 Å². The molecule has 5 nitrogen and oxygen atoms in total. The molecule has 112 valence electrons. The summed E-state index contributed by atoms with van der Waals surface area (Å²) in [6.45, 7) is 3.85. The lowest BCUT2D eigenvalue weighted by atomic mass is 10.1. The molecule has 0 unspecified atom stereocenters. The van der Waals surface area contributed by atoms with E-state index >= 15 is 0 Å². The molecule has 0 saturated heterocycles. The molecule has 0 fully saturated rings. The molecule has 0 spiro atoms. The lowest BCUT2D eigenvalue weighted by Crippen LogP contribution is -2.43. The maximum Gasteiger partial charge on any atom is 0.299 e. The quantitative estimate of drug-likeness (QED) is 0.826. The fourth-order valence-corrected chi connectivity index (χ4v) is 2.90. The molecule has 1 aromatic carbocycles. The van der Waals surface area contributed by atoms with Gasteiger partial charge in [-0.25, -0.2) is 0 Å². The minimum absolute atomic E-state index is 0.0906. The Bertz CT molecular complexity index is 597. The van der Waals surface area contributed by atoms with Crippen molar-refractivity contribution in [2.24, 2.45) is 0 Å². The first-order chi connectivity index (χ1) is 9.99. The van der Waals surface area contributed by atoms with Crippen molar-refractivity contribution in [2.45, 2.75) is 32.7 Å². The average Bonchev–Trinajstić information content (AvgIpc) is 2.71. The summed E-state index contributed by atoms with van der Waals surface area (Å²) in [7, 11) is 0. The van der Waals surface area contributed by atoms with Gasteiger partial charge in [0.1, 0.15) is 6.54 Å². The van der Waals surface area contributed by atoms with E-state index in [-0.39, 0.29) is 18.5 Å². The molecule has 1 aliphatic heterocycles. The summed E-state index contributed by atoms with van der Waals surface area (Å²) in [6, 6.07) is 5.21. The van der Waals surface area contributed by atoms with Crippen LogP contribution in [-0.4, -0.2) is 30.2 Å². The van der Waals surface area contributed by atoms with E-state index in [9.17, 15) is 14.4 Å².